The minimum absolute atomic E-state index is 0.129. The lowest BCUT2D eigenvalue weighted by Gasteiger charge is -2.28. The number of benzene rings is 2. The number of carbonyl (C=O) groups excluding carboxylic acids is 3. The Morgan fingerprint density at radius 1 is 1.25 bits per heavy atom. The van der Waals surface area contributed by atoms with Gasteiger partial charge in [-0.3, -0.25) is 4.79 Å². The summed E-state index contributed by atoms with van der Waals surface area (Å²) >= 11 is 9.16. The SMILES string of the molecule is COC(=O)C1=C(C)NC(=O)N[C@H]1c1ccc(OCC(=O)N/N=C\c2cc(Br)cc(Cl)c2O)c(OC)c1. The van der Waals surface area contributed by atoms with Crippen LogP contribution in [0.4, 0.5) is 4.79 Å². The monoisotopic (exact) mass is 580 g/mol. The van der Waals surface area contributed by atoms with Gasteiger partial charge in [-0.05, 0) is 36.8 Å². The summed E-state index contributed by atoms with van der Waals surface area (Å²) in [6.45, 7) is 1.20. The predicted molar refractivity (Wildman–Crippen MR) is 134 cm³/mol. The first-order valence-corrected chi connectivity index (χ1v) is 11.5. The number of rotatable bonds is 8. The van der Waals surface area contributed by atoms with E-state index >= 15 is 0 Å². The van der Waals surface area contributed by atoms with E-state index in [0.717, 1.165) is 0 Å². The number of carbonyl (C=O) groups is 3. The fraction of sp³-hybridized carbons (Fsp3) is 0.217. The Balaban J connectivity index is 1.70. The third kappa shape index (κ3) is 6.26. The number of amides is 3. The lowest BCUT2D eigenvalue weighted by Crippen LogP contribution is -2.45. The number of urea groups is 1. The van der Waals surface area contributed by atoms with Crippen molar-refractivity contribution in [1.29, 1.82) is 0 Å². The van der Waals surface area contributed by atoms with E-state index in [0.29, 0.717) is 21.3 Å². The molecule has 0 bridgehead atoms. The van der Waals surface area contributed by atoms with Gasteiger partial charge in [0.25, 0.3) is 5.91 Å². The summed E-state index contributed by atoms with van der Waals surface area (Å²) in [6.07, 6.45) is 1.24. The molecule has 36 heavy (non-hydrogen) atoms. The average molecular weight is 582 g/mol. The third-order valence-electron chi connectivity index (χ3n) is 5.00. The molecule has 0 fully saturated rings. The number of ether oxygens (including phenoxy) is 3. The van der Waals surface area contributed by atoms with Gasteiger partial charge in [0.05, 0.1) is 37.1 Å². The fourth-order valence-electron chi connectivity index (χ4n) is 3.34. The molecule has 1 aliphatic heterocycles. The summed E-state index contributed by atoms with van der Waals surface area (Å²) in [7, 11) is 2.66. The van der Waals surface area contributed by atoms with Crippen LogP contribution in [0.15, 0.2) is 51.2 Å². The molecule has 11 nitrogen and oxygen atoms in total. The summed E-state index contributed by atoms with van der Waals surface area (Å²) in [5.41, 5.74) is 3.73. The van der Waals surface area contributed by atoms with Gasteiger partial charge in [-0.1, -0.05) is 33.6 Å². The number of phenolic OH excluding ortho intramolecular Hbond substituents is 1. The highest BCUT2D eigenvalue weighted by Gasteiger charge is 2.32. The Hall–Kier alpha value is -3.77. The molecule has 0 unspecified atom stereocenters. The minimum Gasteiger partial charge on any atom is -0.506 e. The van der Waals surface area contributed by atoms with Gasteiger partial charge >= 0.3 is 12.0 Å². The standard InChI is InChI=1S/C23H22BrClN4O7/c1-11-19(22(32)35-3)20(28-23(33)27-11)12-4-5-16(17(7-12)34-2)36-10-18(30)29-26-9-13-6-14(24)8-15(25)21(13)31/h4-9,20,31H,10H2,1-3H3,(H,29,30)(H2,27,28,33)/b26-9-/t20-/m0/s1. The molecule has 0 saturated carbocycles. The highest BCUT2D eigenvalue weighted by molar-refractivity contribution is 9.10. The first-order chi connectivity index (χ1) is 17.1. The van der Waals surface area contributed by atoms with Crippen molar-refractivity contribution in [1.82, 2.24) is 16.1 Å². The van der Waals surface area contributed by atoms with E-state index < -0.39 is 30.6 Å². The molecule has 0 spiro atoms. The summed E-state index contributed by atoms with van der Waals surface area (Å²) in [5, 5.41) is 19.1. The van der Waals surface area contributed by atoms with Crippen molar-refractivity contribution < 1.29 is 33.7 Å². The smallest absolute Gasteiger partial charge is 0.337 e. The topological polar surface area (TPSA) is 148 Å². The van der Waals surface area contributed by atoms with E-state index in [4.69, 9.17) is 25.8 Å². The second-order valence-electron chi connectivity index (χ2n) is 7.38. The molecule has 0 saturated heterocycles. The van der Waals surface area contributed by atoms with Crippen LogP contribution in [0.1, 0.15) is 24.1 Å². The lowest BCUT2D eigenvalue weighted by molar-refractivity contribution is -0.136. The second kappa shape index (κ2) is 11.8. The zero-order valence-electron chi connectivity index (χ0n) is 19.3. The van der Waals surface area contributed by atoms with Gasteiger partial charge in [-0.15, -0.1) is 0 Å². The van der Waals surface area contributed by atoms with E-state index in [1.807, 2.05) is 0 Å². The molecule has 1 heterocycles. The van der Waals surface area contributed by atoms with E-state index in [1.165, 1.54) is 26.5 Å². The van der Waals surface area contributed by atoms with Gasteiger partial charge in [0, 0.05) is 15.7 Å². The van der Waals surface area contributed by atoms with Crippen molar-refractivity contribution in [3.8, 4) is 17.2 Å². The van der Waals surface area contributed by atoms with Gasteiger partial charge in [-0.25, -0.2) is 15.0 Å². The normalized spacial score (nSPS) is 15.2. The summed E-state index contributed by atoms with van der Waals surface area (Å²) in [6, 6.07) is 6.59. The van der Waals surface area contributed by atoms with Crippen LogP contribution in [0.3, 0.4) is 0 Å². The van der Waals surface area contributed by atoms with Gasteiger partial charge in [0.15, 0.2) is 18.1 Å². The summed E-state index contributed by atoms with van der Waals surface area (Å²) in [4.78, 5) is 36.4. The largest absolute Gasteiger partial charge is 0.506 e. The summed E-state index contributed by atoms with van der Waals surface area (Å²) < 4.78 is 16.4. The molecular formula is C23H22BrClN4O7. The third-order valence-corrected chi connectivity index (χ3v) is 5.75. The molecule has 0 aliphatic carbocycles. The van der Waals surface area contributed by atoms with Gasteiger partial charge in [-0.2, -0.15) is 5.10 Å². The number of halogens is 2. The number of hydrogen-bond donors (Lipinski definition) is 4. The molecule has 2 aromatic carbocycles. The first kappa shape index (κ1) is 26.8. The molecular weight excluding hydrogens is 560 g/mol. The molecule has 0 aromatic heterocycles. The number of nitrogens with one attached hydrogen (secondary N) is 3. The van der Waals surface area contributed by atoms with Crippen LogP contribution in [0.25, 0.3) is 0 Å². The number of phenols is 1. The molecule has 13 heteroatoms. The van der Waals surface area contributed by atoms with Crippen LogP contribution >= 0.6 is 27.5 Å². The highest BCUT2D eigenvalue weighted by atomic mass is 79.9. The zero-order valence-corrected chi connectivity index (χ0v) is 21.7. The van der Waals surface area contributed by atoms with Gasteiger partial charge < -0.3 is 30.0 Å². The van der Waals surface area contributed by atoms with Crippen molar-refractivity contribution in [3.63, 3.8) is 0 Å². The summed E-state index contributed by atoms with van der Waals surface area (Å²) in [5.74, 6) is -0.830. The Morgan fingerprint density at radius 3 is 2.69 bits per heavy atom. The molecule has 190 valence electrons. The maximum atomic E-state index is 12.3. The number of hydrazone groups is 1. The zero-order chi connectivity index (χ0) is 26.4. The number of hydrogen-bond acceptors (Lipinski definition) is 8. The average Bonchev–Trinajstić information content (AvgIpc) is 2.84. The Kier molecular flexibility index (Phi) is 8.78. The minimum atomic E-state index is -0.783. The Morgan fingerprint density at radius 2 is 2.00 bits per heavy atom. The van der Waals surface area contributed by atoms with Crippen molar-refractivity contribution in [2.75, 3.05) is 20.8 Å². The number of allylic oxidation sites excluding steroid dienone is 1. The van der Waals surface area contributed by atoms with Crippen LogP contribution in [0.5, 0.6) is 17.2 Å². The van der Waals surface area contributed by atoms with E-state index in [9.17, 15) is 19.5 Å². The van der Waals surface area contributed by atoms with Crippen LogP contribution in [0, 0.1) is 0 Å². The number of nitrogens with zero attached hydrogens (tertiary/aromatic N) is 1. The van der Waals surface area contributed by atoms with Crippen LogP contribution < -0.4 is 25.5 Å². The lowest BCUT2D eigenvalue weighted by atomic mass is 9.95. The molecule has 0 radical (unpaired) electrons. The second-order valence-corrected chi connectivity index (χ2v) is 8.70. The maximum absolute atomic E-state index is 12.3. The van der Waals surface area contributed by atoms with Crippen LogP contribution in [0.2, 0.25) is 5.02 Å². The number of esters is 1. The molecule has 1 atom stereocenters. The van der Waals surface area contributed by atoms with Crippen molar-refractivity contribution in [2.45, 2.75) is 13.0 Å². The van der Waals surface area contributed by atoms with Crippen molar-refractivity contribution in [2.24, 2.45) is 5.10 Å². The van der Waals surface area contributed by atoms with Crippen molar-refractivity contribution in [3.05, 3.63) is 62.2 Å². The molecule has 3 amide bonds. The molecule has 4 N–H and O–H groups in total. The van der Waals surface area contributed by atoms with E-state index in [2.05, 4.69) is 37.1 Å². The maximum Gasteiger partial charge on any atom is 0.337 e. The van der Waals surface area contributed by atoms with E-state index in [-0.39, 0.29) is 27.8 Å². The van der Waals surface area contributed by atoms with Crippen LogP contribution in [-0.4, -0.2) is 50.1 Å². The van der Waals surface area contributed by atoms with Gasteiger partial charge in [0.1, 0.15) is 5.75 Å². The first-order valence-electron chi connectivity index (χ1n) is 10.3. The quantitative estimate of drug-likeness (QED) is 0.213. The highest BCUT2D eigenvalue weighted by Crippen LogP contribution is 2.34. The number of aromatic hydroxyl groups is 1. The van der Waals surface area contributed by atoms with Crippen molar-refractivity contribution >= 4 is 51.7 Å². The molecule has 1 aliphatic rings. The Bertz CT molecular complexity index is 1270. The van der Waals surface area contributed by atoms with E-state index in [1.54, 1.807) is 31.2 Å². The molecule has 3 rings (SSSR count). The Labute approximate surface area is 219 Å². The predicted octanol–water partition coefficient (Wildman–Crippen LogP) is 3.15. The fourth-order valence-corrected chi connectivity index (χ4v) is 4.18. The van der Waals surface area contributed by atoms with Crippen LogP contribution in [-0.2, 0) is 14.3 Å². The molecule has 2 aromatic rings. The number of methoxy groups -OCH3 is 2. The van der Waals surface area contributed by atoms with Gasteiger partial charge in [0.2, 0.25) is 0 Å².